The van der Waals surface area contributed by atoms with Gasteiger partial charge in [0.2, 0.25) is 0 Å². The predicted octanol–water partition coefficient (Wildman–Crippen LogP) is 7.24. The van der Waals surface area contributed by atoms with E-state index in [-0.39, 0.29) is 18.3 Å². The zero-order valence-electron chi connectivity index (χ0n) is 29.9. The molecule has 1 aliphatic carbocycles. The average molecular weight is 691 g/mol. The molecule has 3 aromatic heterocycles. The van der Waals surface area contributed by atoms with Crippen LogP contribution in [0.5, 0.6) is 0 Å². The van der Waals surface area contributed by atoms with Gasteiger partial charge in [0.05, 0.1) is 30.1 Å². The van der Waals surface area contributed by atoms with Crippen molar-refractivity contribution in [1.29, 1.82) is 0 Å². The SMILES string of the molecule is CC(=O)C1(CO)CCC(c2cc(N(COCC[Si](C)(C)C)COCC[Si](C)(C)C)n3ncc(-c4cnn(-c5ccccc5)c4)c3n2)CC1. The molecular formula is C36H54N6O4Si2. The molecule has 1 aromatic carbocycles. The molecule has 4 aromatic rings. The van der Waals surface area contributed by atoms with E-state index >= 15 is 0 Å². The van der Waals surface area contributed by atoms with Crippen molar-refractivity contribution in [2.75, 3.05) is 38.2 Å². The number of carbonyl (C=O) groups excluding carboxylic acids is 1. The van der Waals surface area contributed by atoms with E-state index < -0.39 is 21.6 Å². The summed E-state index contributed by atoms with van der Waals surface area (Å²) in [5.41, 5.74) is 3.84. The third kappa shape index (κ3) is 8.89. The van der Waals surface area contributed by atoms with Crippen LogP contribution in [0.2, 0.25) is 51.4 Å². The molecule has 0 atom stereocenters. The number of hydrogen-bond acceptors (Lipinski definition) is 8. The molecule has 0 bridgehead atoms. The second-order valence-electron chi connectivity index (χ2n) is 15.8. The van der Waals surface area contributed by atoms with E-state index in [4.69, 9.17) is 19.6 Å². The molecule has 5 rings (SSSR count). The van der Waals surface area contributed by atoms with E-state index in [2.05, 4.69) is 55.3 Å². The summed E-state index contributed by atoms with van der Waals surface area (Å²) < 4.78 is 16.4. The number of aliphatic hydroxyl groups excluding tert-OH is 1. The number of fused-ring (bicyclic) bond motifs is 1. The summed E-state index contributed by atoms with van der Waals surface area (Å²) in [6, 6.07) is 14.3. The van der Waals surface area contributed by atoms with Gasteiger partial charge in [0, 0.05) is 64.4 Å². The largest absolute Gasteiger partial charge is 0.395 e. The topological polar surface area (TPSA) is 107 Å². The summed E-state index contributed by atoms with van der Waals surface area (Å²) in [4.78, 5) is 19.9. The summed E-state index contributed by atoms with van der Waals surface area (Å²) in [6.45, 7) is 17.8. The maximum Gasteiger partial charge on any atom is 0.165 e. The first-order valence-corrected chi connectivity index (χ1v) is 24.7. The van der Waals surface area contributed by atoms with Gasteiger partial charge in [-0.2, -0.15) is 14.7 Å². The van der Waals surface area contributed by atoms with Crippen molar-refractivity contribution >= 4 is 33.4 Å². The number of anilines is 1. The quantitative estimate of drug-likeness (QED) is 0.0745. The second-order valence-corrected chi connectivity index (χ2v) is 27.1. The maximum absolute atomic E-state index is 12.5. The Kier molecular flexibility index (Phi) is 11.4. The lowest BCUT2D eigenvalue weighted by atomic mass is 9.68. The summed E-state index contributed by atoms with van der Waals surface area (Å²) in [5, 5.41) is 19.7. The fourth-order valence-corrected chi connectivity index (χ4v) is 7.66. The summed E-state index contributed by atoms with van der Waals surface area (Å²) in [6.07, 6.45) is 8.58. The number of ether oxygens (including phenoxy) is 2. The van der Waals surface area contributed by atoms with Crippen LogP contribution in [0.3, 0.4) is 0 Å². The first-order chi connectivity index (χ1) is 22.8. The molecule has 0 aliphatic heterocycles. The van der Waals surface area contributed by atoms with E-state index in [1.165, 1.54) is 0 Å². The molecule has 3 heterocycles. The Balaban J connectivity index is 1.53. The number of aliphatic hydroxyl groups is 1. The zero-order chi connectivity index (χ0) is 34.5. The Morgan fingerprint density at radius 3 is 2.15 bits per heavy atom. The lowest BCUT2D eigenvalue weighted by molar-refractivity contribution is -0.131. The van der Waals surface area contributed by atoms with E-state index in [1.807, 2.05) is 58.1 Å². The minimum absolute atomic E-state index is 0.0677. The minimum Gasteiger partial charge on any atom is -0.395 e. The Morgan fingerprint density at radius 2 is 1.58 bits per heavy atom. The predicted molar refractivity (Wildman–Crippen MR) is 197 cm³/mol. The van der Waals surface area contributed by atoms with Crippen LogP contribution in [0.25, 0.3) is 22.5 Å². The third-order valence-corrected chi connectivity index (χ3v) is 13.0. The van der Waals surface area contributed by atoms with Gasteiger partial charge in [0.15, 0.2) is 5.65 Å². The second kappa shape index (κ2) is 15.2. The van der Waals surface area contributed by atoms with Crippen LogP contribution in [-0.2, 0) is 14.3 Å². The Labute approximate surface area is 287 Å². The summed E-state index contributed by atoms with van der Waals surface area (Å²) in [7, 11) is -2.53. The van der Waals surface area contributed by atoms with Crippen LogP contribution in [0.15, 0.2) is 55.0 Å². The van der Waals surface area contributed by atoms with Gasteiger partial charge in [-0.3, -0.25) is 4.79 Å². The lowest BCUT2D eigenvalue weighted by Crippen LogP contribution is -2.37. The van der Waals surface area contributed by atoms with E-state index in [9.17, 15) is 9.90 Å². The Bertz CT molecular complexity index is 1630. The van der Waals surface area contributed by atoms with Gasteiger partial charge in [-0.15, -0.1) is 0 Å². The van der Waals surface area contributed by atoms with Gasteiger partial charge in [0.25, 0.3) is 0 Å². The number of ketones is 1. The highest BCUT2D eigenvalue weighted by Gasteiger charge is 2.40. The van der Waals surface area contributed by atoms with E-state index in [0.29, 0.717) is 39.5 Å². The molecular weight excluding hydrogens is 637 g/mol. The molecule has 1 N–H and O–H groups in total. The highest BCUT2D eigenvalue weighted by atomic mass is 28.3. The lowest BCUT2D eigenvalue weighted by Gasteiger charge is -2.37. The molecule has 0 saturated heterocycles. The number of Topliss-reactive ketones (excluding diaryl/α,β-unsaturated/α-hetero) is 1. The number of benzene rings is 1. The van der Waals surface area contributed by atoms with Crippen LogP contribution in [0.1, 0.15) is 44.2 Å². The van der Waals surface area contributed by atoms with Crippen LogP contribution in [0.4, 0.5) is 5.82 Å². The van der Waals surface area contributed by atoms with E-state index in [0.717, 1.165) is 58.9 Å². The van der Waals surface area contributed by atoms with Gasteiger partial charge in [-0.05, 0) is 56.8 Å². The summed E-state index contributed by atoms with van der Waals surface area (Å²) in [5.74, 6) is 1.08. The number of carbonyl (C=O) groups is 1. The number of rotatable bonds is 16. The van der Waals surface area contributed by atoms with Crippen LogP contribution < -0.4 is 4.90 Å². The monoisotopic (exact) mass is 690 g/mol. The van der Waals surface area contributed by atoms with Crippen molar-refractivity contribution < 1.29 is 19.4 Å². The average Bonchev–Trinajstić information content (AvgIpc) is 3.71. The maximum atomic E-state index is 12.5. The molecule has 1 saturated carbocycles. The fourth-order valence-electron chi connectivity index (χ4n) is 6.15. The van der Waals surface area contributed by atoms with Crippen LogP contribution in [-0.4, -0.2) is 84.7 Å². The first-order valence-electron chi connectivity index (χ1n) is 17.3. The highest BCUT2D eigenvalue weighted by Crippen LogP contribution is 2.44. The van der Waals surface area contributed by atoms with Gasteiger partial charge >= 0.3 is 0 Å². The molecule has 12 heteroatoms. The molecule has 260 valence electrons. The fraction of sp³-hybridized carbons (Fsp3) is 0.556. The van der Waals surface area contributed by atoms with Gasteiger partial charge in [0.1, 0.15) is 25.1 Å². The normalized spacial score (nSPS) is 18.8. The smallest absolute Gasteiger partial charge is 0.165 e. The molecule has 0 radical (unpaired) electrons. The highest BCUT2D eigenvalue weighted by molar-refractivity contribution is 6.76. The zero-order valence-corrected chi connectivity index (χ0v) is 31.9. The van der Waals surface area contributed by atoms with E-state index in [1.54, 1.807) is 6.92 Å². The van der Waals surface area contributed by atoms with Gasteiger partial charge < -0.3 is 19.5 Å². The molecule has 0 spiro atoms. The molecule has 0 unspecified atom stereocenters. The molecule has 0 amide bonds. The number of nitrogens with zero attached hydrogens (tertiary/aromatic N) is 6. The number of hydrogen-bond donors (Lipinski definition) is 1. The van der Waals surface area contributed by atoms with Crippen molar-refractivity contribution in [3.05, 3.63) is 60.7 Å². The number of para-hydroxylation sites is 1. The Hall–Kier alpha value is -3.17. The third-order valence-electron chi connectivity index (χ3n) is 9.61. The van der Waals surface area contributed by atoms with Crippen molar-refractivity contribution in [3.8, 4) is 16.8 Å². The van der Waals surface area contributed by atoms with Crippen molar-refractivity contribution in [2.45, 2.75) is 89.9 Å². The Morgan fingerprint density at radius 1 is 0.958 bits per heavy atom. The molecule has 1 aliphatic rings. The summed E-state index contributed by atoms with van der Waals surface area (Å²) >= 11 is 0. The van der Waals surface area contributed by atoms with Gasteiger partial charge in [-0.1, -0.05) is 57.5 Å². The van der Waals surface area contributed by atoms with Crippen LogP contribution in [0, 0.1) is 5.41 Å². The number of aromatic nitrogens is 5. The van der Waals surface area contributed by atoms with Crippen molar-refractivity contribution in [2.24, 2.45) is 5.41 Å². The minimum atomic E-state index is -1.26. The molecule has 48 heavy (non-hydrogen) atoms. The standard InChI is InChI=1S/C36H54N6O4Si2/c1-28(44)36(25-43)15-13-29(14-16-36)33-21-34(40(26-45-17-19-47(2,3)4)27-46-18-20-48(5,6)7)42-35(39-33)32(23-38-42)30-22-37-41(24-30)31-11-9-8-10-12-31/h8-12,21-24,29,43H,13-20,25-27H2,1-7H3. The van der Waals surface area contributed by atoms with Crippen molar-refractivity contribution in [3.63, 3.8) is 0 Å². The molecule has 10 nitrogen and oxygen atoms in total. The van der Waals surface area contributed by atoms with Crippen molar-refractivity contribution in [1.82, 2.24) is 24.4 Å². The first kappa shape index (κ1) is 36.1. The van der Waals surface area contributed by atoms with Gasteiger partial charge in [-0.25, -0.2) is 9.67 Å². The van der Waals surface area contributed by atoms with Crippen LogP contribution >= 0.6 is 0 Å². The molecule has 1 fully saturated rings.